The first-order valence-corrected chi connectivity index (χ1v) is 5.69. The summed E-state index contributed by atoms with van der Waals surface area (Å²) in [6, 6.07) is 6.39. The molecule has 0 spiro atoms. The summed E-state index contributed by atoms with van der Waals surface area (Å²) >= 11 is 0. The van der Waals surface area contributed by atoms with Crippen molar-refractivity contribution in [3.05, 3.63) is 59.4 Å². The molecular weight excluding hydrogens is 272 g/mol. The van der Waals surface area contributed by atoms with Gasteiger partial charge < -0.3 is 14.8 Å². The van der Waals surface area contributed by atoms with Crippen molar-refractivity contribution in [1.29, 1.82) is 0 Å². The molecule has 7 heteroatoms. The van der Waals surface area contributed by atoms with Gasteiger partial charge in [0.25, 0.3) is 0 Å². The predicted octanol–water partition coefficient (Wildman–Crippen LogP) is 1.36. The molecule has 0 atom stereocenters. The van der Waals surface area contributed by atoms with Crippen LogP contribution in [0.15, 0.2) is 36.4 Å². The molecule has 0 aliphatic heterocycles. The number of halogens is 3. The van der Waals surface area contributed by atoms with E-state index in [1.807, 2.05) is 0 Å². The maximum absolute atomic E-state index is 13.4. The van der Waals surface area contributed by atoms with Crippen molar-refractivity contribution >= 4 is 12.6 Å². The summed E-state index contributed by atoms with van der Waals surface area (Å²) in [5.74, 6) is -2.19. The molecule has 0 radical (unpaired) electrons. The van der Waals surface area contributed by atoms with E-state index in [9.17, 15) is 13.2 Å². The molecule has 0 saturated carbocycles. The average molecular weight is 282 g/mol. The molecule has 0 fully saturated rings. The molecule has 2 N–H and O–H groups in total. The SMILES string of the molecule is OB(O)c1ccc(OCc2cc(F)cc(F)c2)cc1F. The van der Waals surface area contributed by atoms with Gasteiger partial charge in [0, 0.05) is 17.6 Å². The number of benzene rings is 2. The molecule has 0 amide bonds. The van der Waals surface area contributed by atoms with Crippen LogP contribution < -0.4 is 10.2 Å². The highest BCUT2D eigenvalue weighted by atomic mass is 19.1. The van der Waals surface area contributed by atoms with Crippen LogP contribution >= 0.6 is 0 Å². The van der Waals surface area contributed by atoms with Crippen molar-refractivity contribution in [3.63, 3.8) is 0 Å². The minimum Gasteiger partial charge on any atom is -0.489 e. The third-order valence-electron chi connectivity index (χ3n) is 2.58. The van der Waals surface area contributed by atoms with Gasteiger partial charge in [-0.15, -0.1) is 0 Å². The van der Waals surface area contributed by atoms with Crippen LogP contribution in [0, 0.1) is 17.5 Å². The highest BCUT2D eigenvalue weighted by Gasteiger charge is 2.16. The Labute approximate surface area is 113 Å². The normalized spacial score (nSPS) is 10.4. The fraction of sp³-hybridized carbons (Fsp3) is 0.0769. The summed E-state index contributed by atoms with van der Waals surface area (Å²) in [6.07, 6.45) is 0. The maximum atomic E-state index is 13.4. The number of hydrogen-bond acceptors (Lipinski definition) is 3. The van der Waals surface area contributed by atoms with E-state index in [0.717, 1.165) is 30.3 Å². The fourth-order valence-corrected chi connectivity index (χ4v) is 1.67. The highest BCUT2D eigenvalue weighted by molar-refractivity contribution is 6.58. The first-order chi connectivity index (χ1) is 9.45. The second-order valence-corrected chi connectivity index (χ2v) is 4.12. The van der Waals surface area contributed by atoms with Gasteiger partial charge in [0.2, 0.25) is 0 Å². The van der Waals surface area contributed by atoms with Gasteiger partial charge in [0.05, 0.1) is 0 Å². The van der Waals surface area contributed by atoms with E-state index < -0.39 is 24.6 Å². The fourth-order valence-electron chi connectivity index (χ4n) is 1.67. The van der Waals surface area contributed by atoms with Gasteiger partial charge in [-0.05, 0) is 23.8 Å². The van der Waals surface area contributed by atoms with Crippen LogP contribution in [0.25, 0.3) is 0 Å². The quantitative estimate of drug-likeness (QED) is 0.832. The standard InChI is InChI=1S/C13H10BF3O3/c15-9-3-8(4-10(16)5-9)7-20-11-1-2-12(14(18)19)13(17)6-11/h1-6,18-19H,7H2. The third-order valence-corrected chi connectivity index (χ3v) is 2.58. The van der Waals surface area contributed by atoms with Crippen LogP contribution in [-0.2, 0) is 6.61 Å². The van der Waals surface area contributed by atoms with Crippen LogP contribution in [-0.4, -0.2) is 17.2 Å². The minimum absolute atomic E-state index is 0.108. The van der Waals surface area contributed by atoms with E-state index in [-0.39, 0.29) is 23.4 Å². The number of rotatable bonds is 4. The van der Waals surface area contributed by atoms with E-state index in [2.05, 4.69) is 0 Å². The zero-order valence-electron chi connectivity index (χ0n) is 10.2. The minimum atomic E-state index is -1.92. The topological polar surface area (TPSA) is 49.7 Å². The molecule has 0 heterocycles. The molecule has 104 valence electrons. The van der Waals surface area contributed by atoms with Gasteiger partial charge in [-0.25, -0.2) is 13.2 Å². The second kappa shape index (κ2) is 5.98. The molecule has 2 aromatic rings. The Bertz CT molecular complexity index is 600. The third kappa shape index (κ3) is 3.52. The maximum Gasteiger partial charge on any atom is 0.491 e. The molecule has 0 aliphatic rings. The lowest BCUT2D eigenvalue weighted by Gasteiger charge is -2.08. The van der Waals surface area contributed by atoms with Crippen LogP contribution in [0.4, 0.5) is 13.2 Å². The summed E-state index contributed by atoms with van der Waals surface area (Å²) in [5.41, 5.74) is -0.0247. The zero-order valence-corrected chi connectivity index (χ0v) is 10.2. The summed E-state index contributed by atoms with van der Waals surface area (Å²) in [7, 11) is -1.92. The monoisotopic (exact) mass is 282 g/mol. The van der Waals surface area contributed by atoms with Crippen molar-refractivity contribution in [1.82, 2.24) is 0 Å². The summed E-state index contributed by atoms with van der Waals surface area (Å²) in [5, 5.41) is 17.7. The predicted molar refractivity (Wildman–Crippen MR) is 66.9 cm³/mol. The molecule has 2 aromatic carbocycles. The summed E-state index contributed by atoms with van der Waals surface area (Å²) in [6.45, 7) is -0.144. The average Bonchev–Trinajstić information content (AvgIpc) is 2.35. The van der Waals surface area contributed by atoms with Crippen molar-refractivity contribution in [2.24, 2.45) is 0 Å². The van der Waals surface area contributed by atoms with Gasteiger partial charge >= 0.3 is 7.12 Å². The van der Waals surface area contributed by atoms with Crippen LogP contribution in [0.5, 0.6) is 5.75 Å². The van der Waals surface area contributed by atoms with Gasteiger partial charge in [-0.1, -0.05) is 6.07 Å². The molecule has 20 heavy (non-hydrogen) atoms. The summed E-state index contributed by atoms with van der Waals surface area (Å²) in [4.78, 5) is 0. The molecular formula is C13H10BF3O3. The zero-order chi connectivity index (χ0) is 14.7. The Hall–Kier alpha value is -1.99. The highest BCUT2D eigenvalue weighted by Crippen LogP contribution is 2.15. The Morgan fingerprint density at radius 1 is 0.950 bits per heavy atom. The molecule has 0 aromatic heterocycles. The molecule has 3 nitrogen and oxygen atoms in total. The Morgan fingerprint density at radius 2 is 1.60 bits per heavy atom. The lowest BCUT2D eigenvalue weighted by Crippen LogP contribution is -2.32. The molecule has 0 saturated heterocycles. The Morgan fingerprint density at radius 3 is 2.15 bits per heavy atom. The second-order valence-electron chi connectivity index (χ2n) is 4.12. The first kappa shape index (κ1) is 14.4. The molecule has 0 unspecified atom stereocenters. The lowest BCUT2D eigenvalue weighted by molar-refractivity contribution is 0.303. The molecule has 0 bridgehead atoms. The Balaban J connectivity index is 2.09. The largest absolute Gasteiger partial charge is 0.491 e. The van der Waals surface area contributed by atoms with E-state index in [1.54, 1.807) is 0 Å². The van der Waals surface area contributed by atoms with Crippen molar-refractivity contribution in [2.45, 2.75) is 6.61 Å². The van der Waals surface area contributed by atoms with Crippen LogP contribution in [0.1, 0.15) is 5.56 Å². The molecule has 2 rings (SSSR count). The van der Waals surface area contributed by atoms with Gasteiger partial charge in [0.1, 0.15) is 29.8 Å². The molecule has 0 aliphatic carbocycles. The van der Waals surface area contributed by atoms with Crippen molar-refractivity contribution < 1.29 is 28.0 Å². The van der Waals surface area contributed by atoms with E-state index in [4.69, 9.17) is 14.8 Å². The first-order valence-electron chi connectivity index (χ1n) is 5.69. The van der Waals surface area contributed by atoms with Crippen molar-refractivity contribution in [3.8, 4) is 5.75 Å². The van der Waals surface area contributed by atoms with Crippen molar-refractivity contribution in [2.75, 3.05) is 0 Å². The van der Waals surface area contributed by atoms with E-state index >= 15 is 0 Å². The van der Waals surface area contributed by atoms with Gasteiger partial charge in [0.15, 0.2) is 0 Å². The van der Waals surface area contributed by atoms with E-state index in [0.29, 0.717) is 0 Å². The number of ether oxygens (including phenoxy) is 1. The smallest absolute Gasteiger partial charge is 0.489 e. The van der Waals surface area contributed by atoms with Crippen LogP contribution in [0.3, 0.4) is 0 Å². The Kier molecular flexibility index (Phi) is 4.31. The summed E-state index contributed by atoms with van der Waals surface area (Å²) < 4.78 is 44.5. The van der Waals surface area contributed by atoms with Crippen LogP contribution in [0.2, 0.25) is 0 Å². The van der Waals surface area contributed by atoms with Gasteiger partial charge in [-0.2, -0.15) is 0 Å². The van der Waals surface area contributed by atoms with E-state index in [1.165, 1.54) is 6.07 Å². The van der Waals surface area contributed by atoms with Gasteiger partial charge in [-0.3, -0.25) is 0 Å². The number of hydrogen-bond donors (Lipinski definition) is 2. The lowest BCUT2D eigenvalue weighted by atomic mass is 9.80.